The molecule has 4 aromatic rings. The number of fused-ring (bicyclic) bond motifs is 1. The predicted molar refractivity (Wildman–Crippen MR) is 118 cm³/mol. The zero-order valence-corrected chi connectivity index (χ0v) is 17.4. The first-order chi connectivity index (χ1) is 15.2. The van der Waals surface area contributed by atoms with E-state index in [1.807, 2.05) is 24.4 Å². The average Bonchev–Trinajstić information content (AvgIpc) is 3.34. The van der Waals surface area contributed by atoms with Crippen molar-refractivity contribution in [3.63, 3.8) is 0 Å². The number of nitrogens with zero attached hydrogens (tertiary/aromatic N) is 5. The van der Waals surface area contributed by atoms with Gasteiger partial charge in [0.25, 0.3) is 11.5 Å². The molecule has 158 valence electrons. The zero-order valence-electron chi connectivity index (χ0n) is 17.4. The van der Waals surface area contributed by atoms with E-state index in [0.717, 1.165) is 24.8 Å². The highest BCUT2D eigenvalue weighted by molar-refractivity contribution is 6.04. The van der Waals surface area contributed by atoms with Gasteiger partial charge in [0.2, 0.25) is 0 Å². The number of aromatic nitrogens is 5. The highest BCUT2D eigenvalue weighted by Crippen LogP contribution is 2.14. The Morgan fingerprint density at radius 2 is 1.90 bits per heavy atom. The van der Waals surface area contributed by atoms with Crippen LogP contribution in [-0.2, 0) is 13.1 Å². The van der Waals surface area contributed by atoms with Crippen molar-refractivity contribution in [2.24, 2.45) is 0 Å². The smallest absolute Gasteiger partial charge is 0.274 e. The second-order valence-electron chi connectivity index (χ2n) is 7.29. The first kappa shape index (κ1) is 20.5. The number of benzene rings is 1. The summed E-state index contributed by atoms with van der Waals surface area (Å²) in [5.74, 6) is 0.350. The Bertz CT molecular complexity index is 1250. The minimum atomic E-state index is -0.321. The van der Waals surface area contributed by atoms with Gasteiger partial charge in [-0.05, 0) is 36.2 Å². The van der Waals surface area contributed by atoms with Crippen LogP contribution in [0.25, 0.3) is 16.6 Å². The Labute approximate surface area is 179 Å². The standard InChI is InChI=1S/C23H24N6O2/c1-2-3-6-13-29-23(31)19-9-5-4-8-18(19)21(27-29)22(30)25-16-17-10-12-24-20(15-17)28-14-7-11-26-28/h4-5,7-12,14-15H,2-3,6,13,16H2,1H3,(H,25,30). The van der Waals surface area contributed by atoms with Crippen LogP contribution in [0.5, 0.6) is 0 Å². The number of carbonyl (C=O) groups excluding carboxylic acids is 1. The van der Waals surface area contributed by atoms with Gasteiger partial charge in [-0.3, -0.25) is 9.59 Å². The van der Waals surface area contributed by atoms with Gasteiger partial charge in [-0.2, -0.15) is 10.2 Å². The molecule has 0 saturated carbocycles. The maximum Gasteiger partial charge on any atom is 0.274 e. The molecule has 1 aromatic carbocycles. The lowest BCUT2D eigenvalue weighted by molar-refractivity contribution is 0.0945. The van der Waals surface area contributed by atoms with Gasteiger partial charge in [0.1, 0.15) is 0 Å². The highest BCUT2D eigenvalue weighted by Gasteiger charge is 2.16. The molecule has 0 bridgehead atoms. The summed E-state index contributed by atoms with van der Waals surface area (Å²) in [4.78, 5) is 30.1. The molecular formula is C23H24N6O2. The predicted octanol–water partition coefficient (Wildman–Crippen LogP) is 3.10. The van der Waals surface area contributed by atoms with Crippen LogP contribution in [-0.4, -0.2) is 30.5 Å². The summed E-state index contributed by atoms with van der Waals surface area (Å²) < 4.78 is 3.07. The van der Waals surface area contributed by atoms with E-state index in [2.05, 4.69) is 27.4 Å². The van der Waals surface area contributed by atoms with E-state index in [1.165, 1.54) is 4.68 Å². The first-order valence-corrected chi connectivity index (χ1v) is 10.4. The molecule has 0 aliphatic heterocycles. The molecule has 8 heteroatoms. The second-order valence-corrected chi connectivity index (χ2v) is 7.29. The minimum Gasteiger partial charge on any atom is -0.347 e. The molecule has 0 saturated heterocycles. The van der Waals surface area contributed by atoms with Crippen LogP contribution < -0.4 is 10.9 Å². The molecule has 8 nitrogen and oxygen atoms in total. The molecule has 31 heavy (non-hydrogen) atoms. The van der Waals surface area contributed by atoms with Crippen molar-refractivity contribution in [2.75, 3.05) is 0 Å². The van der Waals surface area contributed by atoms with Crippen molar-refractivity contribution in [2.45, 2.75) is 39.3 Å². The van der Waals surface area contributed by atoms with Gasteiger partial charge in [0.15, 0.2) is 11.5 Å². The van der Waals surface area contributed by atoms with Crippen molar-refractivity contribution in [1.29, 1.82) is 0 Å². The fraction of sp³-hybridized carbons (Fsp3) is 0.261. The van der Waals surface area contributed by atoms with Gasteiger partial charge in [-0.15, -0.1) is 0 Å². The molecule has 0 fully saturated rings. The number of carbonyl (C=O) groups is 1. The molecule has 0 unspecified atom stereocenters. The van der Waals surface area contributed by atoms with Gasteiger partial charge in [-0.25, -0.2) is 14.3 Å². The number of unbranched alkanes of at least 4 members (excludes halogenated alkanes) is 2. The van der Waals surface area contributed by atoms with Crippen LogP contribution >= 0.6 is 0 Å². The Morgan fingerprint density at radius 1 is 1.06 bits per heavy atom. The fourth-order valence-corrected chi connectivity index (χ4v) is 3.43. The van der Waals surface area contributed by atoms with Crippen LogP contribution in [0.3, 0.4) is 0 Å². The number of pyridine rings is 1. The summed E-state index contributed by atoms with van der Waals surface area (Å²) in [7, 11) is 0. The summed E-state index contributed by atoms with van der Waals surface area (Å²) in [6, 6.07) is 12.6. The van der Waals surface area contributed by atoms with E-state index >= 15 is 0 Å². The molecule has 0 radical (unpaired) electrons. The number of nitrogens with one attached hydrogen (secondary N) is 1. The number of rotatable bonds is 8. The van der Waals surface area contributed by atoms with Crippen molar-refractivity contribution < 1.29 is 4.79 Å². The van der Waals surface area contributed by atoms with Crippen molar-refractivity contribution in [1.82, 2.24) is 29.9 Å². The topological polar surface area (TPSA) is 94.7 Å². The van der Waals surface area contributed by atoms with Crippen molar-refractivity contribution in [3.05, 3.63) is 82.7 Å². The van der Waals surface area contributed by atoms with E-state index in [-0.39, 0.29) is 17.2 Å². The minimum absolute atomic E-state index is 0.166. The van der Waals surface area contributed by atoms with Crippen LogP contribution in [0.1, 0.15) is 42.2 Å². The van der Waals surface area contributed by atoms with Gasteiger partial charge in [-0.1, -0.05) is 38.0 Å². The molecule has 4 rings (SSSR count). The molecule has 3 heterocycles. The summed E-state index contributed by atoms with van der Waals surface area (Å²) in [6.45, 7) is 2.91. The SMILES string of the molecule is CCCCCn1nc(C(=O)NCc2ccnc(-n3cccn3)c2)c2ccccc2c1=O. The fourth-order valence-electron chi connectivity index (χ4n) is 3.43. The van der Waals surface area contributed by atoms with Gasteiger partial charge in [0, 0.05) is 37.1 Å². The zero-order chi connectivity index (χ0) is 21.6. The summed E-state index contributed by atoms with van der Waals surface area (Å²) in [5.41, 5.74) is 0.976. The third-order valence-electron chi connectivity index (χ3n) is 5.06. The van der Waals surface area contributed by atoms with Crippen LogP contribution in [0, 0.1) is 0 Å². The van der Waals surface area contributed by atoms with Gasteiger partial charge >= 0.3 is 0 Å². The molecule has 0 atom stereocenters. The maximum absolute atomic E-state index is 13.0. The van der Waals surface area contributed by atoms with Crippen LogP contribution in [0.2, 0.25) is 0 Å². The van der Waals surface area contributed by atoms with E-state index in [9.17, 15) is 9.59 Å². The lowest BCUT2D eigenvalue weighted by Crippen LogP contribution is -2.30. The summed E-state index contributed by atoms with van der Waals surface area (Å²) in [5, 5.41) is 12.6. The highest BCUT2D eigenvalue weighted by atomic mass is 16.2. The molecule has 0 aliphatic carbocycles. The summed E-state index contributed by atoms with van der Waals surface area (Å²) in [6.07, 6.45) is 8.06. The Morgan fingerprint density at radius 3 is 2.68 bits per heavy atom. The Balaban J connectivity index is 1.58. The molecule has 1 N–H and O–H groups in total. The largest absolute Gasteiger partial charge is 0.347 e. The van der Waals surface area contributed by atoms with E-state index in [4.69, 9.17) is 0 Å². The van der Waals surface area contributed by atoms with Crippen LogP contribution in [0.4, 0.5) is 0 Å². The molecule has 3 aromatic heterocycles. The molecule has 1 amide bonds. The Kier molecular flexibility index (Phi) is 6.16. The van der Waals surface area contributed by atoms with E-state index in [0.29, 0.717) is 29.7 Å². The first-order valence-electron chi connectivity index (χ1n) is 10.4. The second kappa shape index (κ2) is 9.34. The van der Waals surface area contributed by atoms with Crippen molar-refractivity contribution in [3.8, 4) is 5.82 Å². The number of amides is 1. The van der Waals surface area contributed by atoms with Crippen LogP contribution in [0.15, 0.2) is 65.8 Å². The molecule has 0 aliphatic rings. The van der Waals surface area contributed by atoms with Gasteiger partial charge < -0.3 is 5.32 Å². The van der Waals surface area contributed by atoms with Crippen molar-refractivity contribution >= 4 is 16.7 Å². The third kappa shape index (κ3) is 4.53. The number of hydrogen-bond acceptors (Lipinski definition) is 5. The van der Waals surface area contributed by atoms with E-state index in [1.54, 1.807) is 41.3 Å². The number of hydrogen-bond donors (Lipinski definition) is 1. The van der Waals surface area contributed by atoms with E-state index < -0.39 is 0 Å². The average molecular weight is 416 g/mol. The summed E-state index contributed by atoms with van der Waals surface area (Å²) >= 11 is 0. The van der Waals surface area contributed by atoms with Gasteiger partial charge in [0.05, 0.1) is 5.39 Å². The third-order valence-corrected chi connectivity index (χ3v) is 5.06. The lowest BCUT2D eigenvalue weighted by atomic mass is 10.1. The quantitative estimate of drug-likeness (QED) is 0.446. The number of aryl methyl sites for hydroxylation is 1. The lowest BCUT2D eigenvalue weighted by Gasteiger charge is -2.11. The molecular weight excluding hydrogens is 392 g/mol. The molecule has 0 spiro atoms. The maximum atomic E-state index is 13.0. The monoisotopic (exact) mass is 416 g/mol. The normalized spacial score (nSPS) is 11.0. The Hall–Kier alpha value is -3.81.